The van der Waals surface area contributed by atoms with Crippen molar-refractivity contribution in [3.8, 4) is 0 Å². The van der Waals surface area contributed by atoms with E-state index in [1.807, 2.05) is 0 Å². The Bertz CT molecular complexity index is 574. The molecule has 0 spiro atoms. The van der Waals surface area contributed by atoms with Gasteiger partial charge in [-0.15, -0.1) is 0 Å². The lowest BCUT2D eigenvalue weighted by Gasteiger charge is -2.27. The minimum absolute atomic E-state index is 0.0402. The average Bonchev–Trinajstić information content (AvgIpc) is 2.28. The third-order valence-corrected chi connectivity index (χ3v) is 4.50. The van der Waals surface area contributed by atoms with Crippen molar-refractivity contribution in [1.82, 2.24) is 4.98 Å². The molecule has 1 aliphatic rings. The summed E-state index contributed by atoms with van der Waals surface area (Å²) in [5.41, 5.74) is 0.0402. The Labute approximate surface area is 109 Å². The molecule has 2 rings (SSSR count). The van der Waals surface area contributed by atoms with E-state index in [-0.39, 0.29) is 22.2 Å². The Balaban J connectivity index is 2.26. The van der Waals surface area contributed by atoms with E-state index >= 15 is 0 Å². The van der Waals surface area contributed by atoms with E-state index in [2.05, 4.69) is 4.98 Å². The fourth-order valence-corrected chi connectivity index (χ4v) is 3.12. The smallest absolute Gasteiger partial charge is 0.335 e. The van der Waals surface area contributed by atoms with Gasteiger partial charge in [0.2, 0.25) is 0 Å². The maximum atomic E-state index is 11.3. The predicted octanol–water partition coefficient (Wildman–Crippen LogP) is 0.668. The lowest BCUT2D eigenvalue weighted by atomic mass is 10.2. The second kappa shape index (κ2) is 4.74. The molecule has 0 atom stereocenters. The van der Waals surface area contributed by atoms with E-state index in [0.717, 1.165) is 0 Å². The van der Waals surface area contributed by atoms with Crippen molar-refractivity contribution in [3.05, 3.63) is 22.8 Å². The summed E-state index contributed by atoms with van der Waals surface area (Å²) in [7, 11) is -2.98. The molecular formula is C10H11ClN2O4S. The molecule has 0 aromatic carbocycles. The molecule has 0 saturated carbocycles. The van der Waals surface area contributed by atoms with Gasteiger partial charge >= 0.3 is 5.97 Å². The van der Waals surface area contributed by atoms with E-state index in [1.165, 1.54) is 12.1 Å². The number of nitrogens with zero attached hydrogens (tertiary/aromatic N) is 2. The van der Waals surface area contributed by atoms with Crippen LogP contribution in [0.25, 0.3) is 0 Å². The fraction of sp³-hybridized carbons (Fsp3) is 0.400. The van der Waals surface area contributed by atoms with Crippen LogP contribution in [0, 0.1) is 0 Å². The van der Waals surface area contributed by atoms with Gasteiger partial charge in [0, 0.05) is 13.1 Å². The second-order valence-corrected chi connectivity index (χ2v) is 6.67. The molecule has 1 saturated heterocycles. The highest BCUT2D eigenvalue weighted by atomic mass is 35.5. The van der Waals surface area contributed by atoms with Crippen molar-refractivity contribution in [2.75, 3.05) is 29.5 Å². The first-order valence-electron chi connectivity index (χ1n) is 5.24. The summed E-state index contributed by atoms with van der Waals surface area (Å²) in [4.78, 5) is 16.6. The predicted molar refractivity (Wildman–Crippen MR) is 67.1 cm³/mol. The van der Waals surface area contributed by atoms with Crippen molar-refractivity contribution < 1.29 is 18.3 Å². The number of sulfone groups is 1. The number of hydrogen-bond donors (Lipinski definition) is 1. The van der Waals surface area contributed by atoms with E-state index in [1.54, 1.807) is 4.90 Å². The molecule has 1 fully saturated rings. The van der Waals surface area contributed by atoms with Crippen LogP contribution in [0.4, 0.5) is 5.82 Å². The maximum absolute atomic E-state index is 11.3. The van der Waals surface area contributed by atoms with Crippen LogP contribution >= 0.6 is 11.6 Å². The van der Waals surface area contributed by atoms with Crippen LogP contribution < -0.4 is 4.90 Å². The Morgan fingerprint density at radius 1 is 1.33 bits per heavy atom. The molecule has 0 radical (unpaired) electrons. The molecule has 2 heterocycles. The Hall–Kier alpha value is -1.34. The number of pyridine rings is 1. The lowest BCUT2D eigenvalue weighted by molar-refractivity contribution is 0.0696. The molecule has 8 heteroatoms. The molecule has 0 bridgehead atoms. The highest BCUT2D eigenvalue weighted by Crippen LogP contribution is 2.20. The number of aromatic nitrogens is 1. The van der Waals surface area contributed by atoms with Crippen LogP contribution in [0.1, 0.15) is 10.4 Å². The summed E-state index contributed by atoms with van der Waals surface area (Å²) in [6, 6.07) is 2.65. The van der Waals surface area contributed by atoms with Crippen molar-refractivity contribution in [2.45, 2.75) is 0 Å². The fourth-order valence-electron chi connectivity index (χ4n) is 1.71. The maximum Gasteiger partial charge on any atom is 0.335 e. The van der Waals surface area contributed by atoms with Gasteiger partial charge in [-0.3, -0.25) is 0 Å². The average molecular weight is 291 g/mol. The minimum Gasteiger partial charge on any atom is -0.478 e. The third-order valence-electron chi connectivity index (χ3n) is 2.70. The van der Waals surface area contributed by atoms with Crippen molar-refractivity contribution in [3.63, 3.8) is 0 Å². The molecule has 0 aliphatic carbocycles. The zero-order valence-corrected chi connectivity index (χ0v) is 10.9. The largest absolute Gasteiger partial charge is 0.478 e. The number of carboxylic acid groups (broad SMARTS) is 1. The molecule has 98 valence electrons. The summed E-state index contributed by atoms with van der Waals surface area (Å²) < 4.78 is 22.6. The van der Waals surface area contributed by atoms with E-state index in [4.69, 9.17) is 16.7 Å². The molecule has 1 N–H and O–H groups in total. The lowest BCUT2D eigenvalue weighted by Crippen LogP contribution is -2.40. The molecule has 0 amide bonds. The van der Waals surface area contributed by atoms with E-state index in [0.29, 0.717) is 18.9 Å². The number of hydrogen-bond acceptors (Lipinski definition) is 5. The van der Waals surface area contributed by atoms with Gasteiger partial charge in [0.15, 0.2) is 9.84 Å². The summed E-state index contributed by atoms with van der Waals surface area (Å²) in [5, 5.41) is 9.00. The van der Waals surface area contributed by atoms with Crippen LogP contribution in [-0.4, -0.2) is 49.1 Å². The normalized spacial score (nSPS) is 18.6. The van der Waals surface area contributed by atoms with Gasteiger partial charge in [0.25, 0.3) is 0 Å². The number of carbonyl (C=O) groups is 1. The van der Waals surface area contributed by atoms with Gasteiger partial charge in [-0.1, -0.05) is 11.6 Å². The number of halogens is 1. The molecule has 1 aliphatic heterocycles. The van der Waals surface area contributed by atoms with Crippen molar-refractivity contribution >= 4 is 33.2 Å². The first-order valence-corrected chi connectivity index (χ1v) is 7.43. The second-order valence-electron chi connectivity index (χ2n) is 3.98. The van der Waals surface area contributed by atoms with Gasteiger partial charge in [0.1, 0.15) is 11.0 Å². The van der Waals surface area contributed by atoms with Crippen LogP contribution in [0.2, 0.25) is 5.15 Å². The Morgan fingerprint density at radius 3 is 2.50 bits per heavy atom. The number of anilines is 1. The van der Waals surface area contributed by atoms with E-state index < -0.39 is 15.8 Å². The van der Waals surface area contributed by atoms with Crippen LogP contribution in [0.15, 0.2) is 12.1 Å². The standard InChI is InChI=1S/C10H11ClN2O4S/c11-8-5-7(10(14)15)6-9(12-8)13-1-3-18(16,17)4-2-13/h5-6H,1-4H2,(H,14,15). The topological polar surface area (TPSA) is 87.6 Å². The van der Waals surface area contributed by atoms with E-state index in [9.17, 15) is 13.2 Å². The number of aromatic carboxylic acids is 1. The molecule has 1 aromatic heterocycles. The quantitative estimate of drug-likeness (QED) is 0.806. The summed E-state index contributed by atoms with van der Waals surface area (Å²) >= 11 is 5.75. The van der Waals surface area contributed by atoms with Gasteiger partial charge < -0.3 is 10.0 Å². The zero-order valence-electron chi connectivity index (χ0n) is 9.34. The van der Waals surface area contributed by atoms with Gasteiger partial charge in [-0.2, -0.15) is 0 Å². The monoisotopic (exact) mass is 290 g/mol. The molecule has 18 heavy (non-hydrogen) atoms. The van der Waals surface area contributed by atoms with Gasteiger partial charge in [-0.05, 0) is 12.1 Å². The third kappa shape index (κ3) is 2.91. The Morgan fingerprint density at radius 2 is 1.94 bits per heavy atom. The molecule has 0 unspecified atom stereocenters. The van der Waals surface area contributed by atoms with Gasteiger partial charge in [-0.25, -0.2) is 18.2 Å². The highest BCUT2D eigenvalue weighted by Gasteiger charge is 2.23. The zero-order chi connectivity index (χ0) is 13.3. The first kappa shape index (κ1) is 13.1. The van der Waals surface area contributed by atoms with Gasteiger partial charge in [0.05, 0.1) is 17.1 Å². The SMILES string of the molecule is O=C(O)c1cc(Cl)nc(N2CCS(=O)(=O)CC2)c1. The number of rotatable bonds is 2. The van der Waals surface area contributed by atoms with Crippen molar-refractivity contribution in [2.24, 2.45) is 0 Å². The molecular weight excluding hydrogens is 280 g/mol. The molecule has 1 aromatic rings. The van der Waals surface area contributed by atoms with Crippen LogP contribution in [0.5, 0.6) is 0 Å². The summed E-state index contributed by atoms with van der Waals surface area (Å²) in [5.74, 6) is -0.604. The number of carboxylic acids is 1. The van der Waals surface area contributed by atoms with Crippen LogP contribution in [-0.2, 0) is 9.84 Å². The Kier molecular flexibility index (Phi) is 3.45. The summed E-state index contributed by atoms with van der Waals surface area (Å²) in [6.45, 7) is 0.601. The van der Waals surface area contributed by atoms with Crippen LogP contribution in [0.3, 0.4) is 0 Å². The molecule has 6 nitrogen and oxygen atoms in total. The highest BCUT2D eigenvalue weighted by molar-refractivity contribution is 7.91. The first-order chi connectivity index (χ1) is 8.37. The van der Waals surface area contributed by atoms with Crippen molar-refractivity contribution in [1.29, 1.82) is 0 Å². The minimum atomic E-state index is -2.98. The summed E-state index contributed by atoms with van der Waals surface area (Å²) in [6.07, 6.45) is 0.